The number of aliphatic hydroxyl groups is 1. The average Bonchev–Trinajstić information content (AvgIpc) is 2.69. The van der Waals surface area contributed by atoms with Crippen molar-refractivity contribution in [1.82, 2.24) is 9.62 Å². The normalized spacial score (nSPS) is 26.8. The molecule has 2 aliphatic rings. The van der Waals surface area contributed by atoms with Crippen LogP contribution in [-0.2, 0) is 21.0 Å². The zero-order valence-electron chi connectivity index (χ0n) is 15.9. The quantitative estimate of drug-likeness (QED) is 0.763. The predicted molar refractivity (Wildman–Crippen MR) is 99.3 cm³/mol. The smallest absolute Gasteiger partial charge is 0.393 e. The molecule has 2 fully saturated rings. The monoisotopic (exact) mass is 434 g/mol. The highest BCUT2D eigenvalue weighted by atomic mass is 32.2. The lowest BCUT2D eigenvalue weighted by atomic mass is 9.92. The van der Waals surface area contributed by atoms with E-state index < -0.39 is 27.7 Å². The number of carbonyl (C=O) groups excluding carboxylic acids is 1. The van der Waals surface area contributed by atoms with Crippen molar-refractivity contribution in [3.8, 4) is 0 Å². The summed E-state index contributed by atoms with van der Waals surface area (Å²) in [5, 5.41) is 12.5. The van der Waals surface area contributed by atoms with E-state index >= 15 is 0 Å². The molecule has 1 aliphatic carbocycles. The molecule has 29 heavy (non-hydrogen) atoms. The predicted octanol–water partition coefficient (Wildman–Crippen LogP) is 2.53. The summed E-state index contributed by atoms with van der Waals surface area (Å²) in [6.07, 6.45) is -1.18. The minimum absolute atomic E-state index is 0.00450. The molecule has 3 rings (SSSR count). The van der Waals surface area contributed by atoms with Crippen molar-refractivity contribution >= 4 is 15.9 Å². The highest BCUT2D eigenvalue weighted by Gasteiger charge is 2.35. The molecule has 1 aliphatic heterocycles. The second-order valence-corrected chi connectivity index (χ2v) is 9.68. The molecule has 0 bridgehead atoms. The second kappa shape index (κ2) is 8.61. The molecule has 1 unspecified atom stereocenters. The zero-order valence-corrected chi connectivity index (χ0v) is 16.7. The summed E-state index contributed by atoms with van der Waals surface area (Å²) in [5.41, 5.74) is -0.912. The molecule has 0 radical (unpaired) electrons. The molecule has 10 heteroatoms. The Hall–Kier alpha value is -1.65. The Balaban J connectivity index is 1.65. The van der Waals surface area contributed by atoms with Crippen LogP contribution in [0.5, 0.6) is 0 Å². The number of nitrogens with one attached hydrogen (secondary N) is 1. The topological polar surface area (TPSA) is 86.7 Å². The number of amides is 1. The molecule has 0 spiro atoms. The van der Waals surface area contributed by atoms with Gasteiger partial charge in [-0.25, -0.2) is 8.42 Å². The van der Waals surface area contributed by atoms with E-state index in [1.54, 1.807) is 0 Å². The van der Waals surface area contributed by atoms with Crippen molar-refractivity contribution < 1.29 is 31.5 Å². The Labute approximate surface area is 168 Å². The third-order valence-electron chi connectivity index (χ3n) is 5.62. The van der Waals surface area contributed by atoms with Crippen molar-refractivity contribution in [1.29, 1.82) is 0 Å². The molecule has 6 nitrogen and oxygen atoms in total. The van der Waals surface area contributed by atoms with Crippen LogP contribution in [0.1, 0.15) is 44.1 Å². The summed E-state index contributed by atoms with van der Waals surface area (Å²) in [6.45, 7) is 0.229. The minimum atomic E-state index is -4.54. The first-order valence-electron chi connectivity index (χ1n) is 9.73. The standard InChI is InChI=1S/C19H25F3N2O4S/c20-19(21,22)14-3-9-17(10-4-14)29(27,28)24-11-1-2-13(12-24)18(26)23-15-5-7-16(25)8-6-15/h3-4,9-10,13,15-16,25H,1-2,5-8,11-12H2,(H,23,26). The Morgan fingerprint density at radius 1 is 1.07 bits per heavy atom. The van der Waals surface area contributed by atoms with Gasteiger partial charge in [-0.1, -0.05) is 0 Å². The van der Waals surface area contributed by atoms with Crippen molar-refractivity contribution in [2.24, 2.45) is 5.92 Å². The minimum Gasteiger partial charge on any atom is -0.393 e. The molecule has 2 N–H and O–H groups in total. The highest BCUT2D eigenvalue weighted by Crippen LogP contribution is 2.31. The van der Waals surface area contributed by atoms with Crippen LogP contribution < -0.4 is 5.32 Å². The summed E-state index contributed by atoms with van der Waals surface area (Å²) in [7, 11) is -3.98. The number of halogens is 3. The summed E-state index contributed by atoms with van der Waals surface area (Å²) in [4.78, 5) is 12.4. The van der Waals surface area contributed by atoms with Crippen LogP contribution in [0.4, 0.5) is 13.2 Å². The lowest BCUT2D eigenvalue weighted by Crippen LogP contribution is -2.48. The molecule has 1 saturated carbocycles. The SMILES string of the molecule is O=C(NC1CCC(O)CC1)C1CCCN(S(=O)(=O)c2ccc(C(F)(F)F)cc2)C1. The fraction of sp³-hybridized carbons (Fsp3) is 0.632. The van der Waals surface area contributed by atoms with Gasteiger partial charge in [0, 0.05) is 19.1 Å². The van der Waals surface area contributed by atoms with Gasteiger partial charge in [-0.2, -0.15) is 17.5 Å². The van der Waals surface area contributed by atoms with Crippen LogP contribution in [0.25, 0.3) is 0 Å². The average molecular weight is 434 g/mol. The Bertz CT molecular complexity index is 819. The van der Waals surface area contributed by atoms with Gasteiger partial charge in [-0.05, 0) is 62.8 Å². The van der Waals surface area contributed by atoms with Crippen LogP contribution in [0.15, 0.2) is 29.2 Å². The number of rotatable bonds is 4. The number of aliphatic hydroxyl groups excluding tert-OH is 1. The van der Waals surface area contributed by atoms with Crippen LogP contribution in [0, 0.1) is 5.92 Å². The largest absolute Gasteiger partial charge is 0.416 e. The number of benzene rings is 1. The van der Waals surface area contributed by atoms with Gasteiger partial charge in [0.1, 0.15) is 0 Å². The van der Waals surface area contributed by atoms with E-state index in [9.17, 15) is 31.5 Å². The number of hydrogen-bond acceptors (Lipinski definition) is 4. The number of carbonyl (C=O) groups is 1. The van der Waals surface area contributed by atoms with E-state index in [1.807, 2.05) is 0 Å². The first-order chi connectivity index (χ1) is 13.6. The molecule has 1 saturated heterocycles. The number of sulfonamides is 1. The Morgan fingerprint density at radius 2 is 1.69 bits per heavy atom. The van der Waals surface area contributed by atoms with E-state index in [-0.39, 0.29) is 36.0 Å². The maximum atomic E-state index is 12.8. The van der Waals surface area contributed by atoms with Gasteiger partial charge in [-0.15, -0.1) is 0 Å². The summed E-state index contributed by atoms with van der Waals surface area (Å²) in [6, 6.07) is 3.38. The van der Waals surface area contributed by atoms with Crippen LogP contribution in [-0.4, -0.2) is 49.0 Å². The molecule has 1 aromatic rings. The zero-order chi connectivity index (χ0) is 21.2. The molecule has 1 atom stereocenters. The van der Waals surface area contributed by atoms with Gasteiger partial charge in [-0.3, -0.25) is 4.79 Å². The van der Waals surface area contributed by atoms with Gasteiger partial charge < -0.3 is 10.4 Å². The maximum absolute atomic E-state index is 12.8. The number of nitrogens with zero attached hydrogens (tertiary/aromatic N) is 1. The first kappa shape index (κ1) is 22.0. The highest BCUT2D eigenvalue weighted by molar-refractivity contribution is 7.89. The summed E-state index contributed by atoms with van der Waals surface area (Å²) >= 11 is 0. The molecule has 1 aromatic carbocycles. The van der Waals surface area contributed by atoms with E-state index in [2.05, 4.69) is 5.32 Å². The van der Waals surface area contributed by atoms with Gasteiger partial charge in [0.05, 0.1) is 22.5 Å². The number of alkyl halides is 3. The van der Waals surface area contributed by atoms with E-state index in [4.69, 9.17) is 0 Å². The summed E-state index contributed by atoms with van der Waals surface area (Å²) in [5.74, 6) is -0.710. The van der Waals surface area contributed by atoms with E-state index in [1.165, 1.54) is 4.31 Å². The van der Waals surface area contributed by atoms with Gasteiger partial charge in [0.25, 0.3) is 0 Å². The number of piperidine rings is 1. The van der Waals surface area contributed by atoms with Gasteiger partial charge >= 0.3 is 6.18 Å². The van der Waals surface area contributed by atoms with E-state index in [0.717, 1.165) is 24.3 Å². The van der Waals surface area contributed by atoms with Crippen molar-refractivity contribution in [3.63, 3.8) is 0 Å². The molecular formula is C19H25F3N2O4S. The van der Waals surface area contributed by atoms with E-state index in [0.29, 0.717) is 38.5 Å². The molecule has 1 heterocycles. The Kier molecular flexibility index (Phi) is 6.54. The lowest BCUT2D eigenvalue weighted by Gasteiger charge is -2.33. The third-order valence-corrected chi connectivity index (χ3v) is 7.50. The van der Waals surface area contributed by atoms with Crippen molar-refractivity contribution in [2.45, 2.75) is 61.7 Å². The third kappa shape index (κ3) is 5.29. The fourth-order valence-electron chi connectivity index (χ4n) is 3.88. The lowest BCUT2D eigenvalue weighted by molar-refractivity contribution is -0.137. The first-order valence-corrected chi connectivity index (χ1v) is 11.2. The second-order valence-electron chi connectivity index (χ2n) is 7.74. The van der Waals surface area contributed by atoms with Crippen molar-refractivity contribution in [3.05, 3.63) is 29.8 Å². The Morgan fingerprint density at radius 3 is 2.28 bits per heavy atom. The molecular weight excluding hydrogens is 409 g/mol. The number of hydrogen-bond donors (Lipinski definition) is 2. The van der Waals surface area contributed by atoms with Crippen LogP contribution in [0.3, 0.4) is 0 Å². The summed E-state index contributed by atoms with van der Waals surface area (Å²) < 4.78 is 64.9. The van der Waals surface area contributed by atoms with Gasteiger partial charge in [0.2, 0.25) is 15.9 Å². The van der Waals surface area contributed by atoms with Crippen molar-refractivity contribution in [2.75, 3.05) is 13.1 Å². The molecule has 1 amide bonds. The van der Waals surface area contributed by atoms with Crippen LogP contribution >= 0.6 is 0 Å². The van der Waals surface area contributed by atoms with Crippen LogP contribution in [0.2, 0.25) is 0 Å². The maximum Gasteiger partial charge on any atom is 0.416 e. The van der Waals surface area contributed by atoms with Gasteiger partial charge in [0.15, 0.2) is 0 Å². The molecule has 162 valence electrons. The fourth-order valence-corrected chi connectivity index (χ4v) is 5.40. The molecule has 0 aromatic heterocycles.